The zero-order chi connectivity index (χ0) is 19.4. The number of rotatable bonds is 13. The van der Waals surface area contributed by atoms with E-state index in [9.17, 15) is 0 Å². The molecule has 2 aromatic carbocycles. The van der Waals surface area contributed by atoms with E-state index >= 15 is 0 Å². The SMILES string of the molecule is CCCCCCCCCCO[Si](C)(C)Oc1ccccc1-c1ccccc1. The van der Waals surface area contributed by atoms with Crippen LogP contribution < -0.4 is 4.43 Å². The summed E-state index contributed by atoms with van der Waals surface area (Å²) in [5, 5.41) is 0. The van der Waals surface area contributed by atoms with Crippen LogP contribution in [0.5, 0.6) is 5.75 Å². The Balaban J connectivity index is 1.76. The number of benzene rings is 2. The molecule has 0 spiro atoms. The van der Waals surface area contributed by atoms with E-state index in [1.165, 1.54) is 50.5 Å². The minimum absolute atomic E-state index is 0.807. The number of para-hydroxylation sites is 1. The summed E-state index contributed by atoms with van der Waals surface area (Å²) in [6.45, 7) is 7.35. The van der Waals surface area contributed by atoms with Crippen molar-refractivity contribution in [3.05, 3.63) is 54.6 Å². The summed E-state index contributed by atoms with van der Waals surface area (Å²) in [5.41, 5.74) is 2.32. The largest absolute Gasteiger partial charge is 0.520 e. The smallest absolute Gasteiger partial charge is 0.392 e. The van der Waals surface area contributed by atoms with Crippen LogP contribution in [0.4, 0.5) is 0 Å². The van der Waals surface area contributed by atoms with Gasteiger partial charge in [-0.3, -0.25) is 0 Å². The van der Waals surface area contributed by atoms with Gasteiger partial charge in [-0.1, -0.05) is 100 Å². The van der Waals surface area contributed by atoms with E-state index in [0.717, 1.165) is 24.3 Å². The summed E-state index contributed by atoms with van der Waals surface area (Å²) in [4.78, 5) is 0. The molecule has 0 aliphatic rings. The Morgan fingerprint density at radius 2 is 1.30 bits per heavy atom. The highest BCUT2D eigenvalue weighted by Gasteiger charge is 2.27. The summed E-state index contributed by atoms with van der Waals surface area (Å²) in [5.74, 6) is 0.927. The topological polar surface area (TPSA) is 18.5 Å². The van der Waals surface area contributed by atoms with E-state index in [1.54, 1.807) is 0 Å². The molecule has 0 fully saturated rings. The van der Waals surface area contributed by atoms with Gasteiger partial charge in [-0.2, -0.15) is 0 Å². The molecule has 27 heavy (non-hydrogen) atoms. The van der Waals surface area contributed by atoms with Crippen LogP contribution in [0.2, 0.25) is 13.1 Å². The van der Waals surface area contributed by atoms with Gasteiger partial charge in [-0.05, 0) is 31.1 Å². The number of unbranched alkanes of at least 4 members (excludes halogenated alkanes) is 7. The minimum atomic E-state index is -2.19. The molecule has 2 aromatic rings. The van der Waals surface area contributed by atoms with E-state index < -0.39 is 8.56 Å². The highest BCUT2D eigenvalue weighted by Crippen LogP contribution is 2.31. The Morgan fingerprint density at radius 1 is 0.704 bits per heavy atom. The van der Waals surface area contributed by atoms with E-state index in [4.69, 9.17) is 8.85 Å². The van der Waals surface area contributed by atoms with Gasteiger partial charge in [0.2, 0.25) is 0 Å². The van der Waals surface area contributed by atoms with Gasteiger partial charge in [0.15, 0.2) is 0 Å². The van der Waals surface area contributed by atoms with Crippen LogP contribution in [0.3, 0.4) is 0 Å². The van der Waals surface area contributed by atoms with Crippen molar-refractivity contribution in [2.24, 2.45) is 0 Å². The van der Waals surface area contributed by atoms with E-state index in [-0.39, 0.29) is 0 Å². The third-order valence-corrected chi connectivity index (χ3v) is 6.39. The summed E-state index contributed by atoms with van der Waals surface area (Å²) in [7, 11) is -2.19. The molecule has 2 nitrogen and oxygen atoms in total. The average molecular weight is 385 g/mol. The first kappa shape index (κ1) is 21.7. The fourth-order valence-electron chi connectivity index (χ4n) is 3.26. The fraction of sp³-hybridized carbons (Fsp3) is 0.500. The zero-order valence-corrected chi connectivity index (χ0v) is 18.4. The van der Waals surface area contributed by atoms with Gasteiger partial charge in [-0.15, -0.1) is 0 Å². The fourth-order valence-corrected chi connectivity index (χ4v) is 4.66. The van der Waals surface area contributed by atoms with Crippen molar-refractivity contribution in [1.82, 2.24) is 0 Å². The maximum atomic E-state index is 6.38. The number of hydrogen-bond donors (Lipinski definition) is 0. The number of hydrogen-bond acceptors (Lipinski definition) is 2. The van der Waals surface area contributed by atoms with E-state index in [0.29, 0.717) is 0 Å². The van der Waals surface area contributed by atoms with E-state index in [1.807, 2.05) is 12.1 Å². The first-order valence-electron chi connectivity index (χ1n) is 10.6. The lowest BCUT2D eigenvalue weighted by Crippen LogP contribution is -2.38. The second-order valence-electron chi connectivity index (χ2n) is 7.69. The van der Waals surface area contributed by atoms with Crippen LogP contribution in [-0.4, -0.2) is 15.2 Å². The van der Waals surface area contributed by atoms with Crippen molar-refractivity contribution < 1.29 is 8.85 Å². The van der Waals surface area contributed by atoms with Crippen molar-refractivity contribution in [2.45, 2.75) is 71.4 Å². The third kappa shape index (κ3) is 8.31. The van der Waals surface area contributed by atoms with Crippen molar-refractivity contribution in [2.75, 3.05) is 6.61 Å². The molecule has 0 atom stereocenters. The molecule has 0 N–H and O–H groups in total. The maximum absolute atomic E-state index is 6.38. The van der Waals surface area contributed by atoms with Gasteiger partial charge in [0, 0.05) is 12.2 Å². The Bertz CT molecular complexity index is 640. The van der Waals surface area contributed by atoms with Crippen LogP contribution in [0.25, 0.3) is 11.1 Å². The van der Waals surface area contributed by atoms with Crippen LogP contribution in [0.15, 0.2) is 54.6 Å². The highest BCUT2D eigenvalue weighted by molar-refractivity contribution is 6.65. The Kier molecular flexibility index (Phi) is 9.64. The van der Waals surface area contributed by atoms with Gasteiger partial charge >= 0.3 is 8.56 Å². The molecule has 0 amide bonds. The lowest BCUT2D eigenvalue weighted by molar-refractivity contribution is 0.241. The summed E-state index contributed by atoms with van der Waals surface area (Å²) in [6, 6.07) is 18.7. The van der Waals surface area contributed by atoms with Gasteiger partial charge < -0.3 is 8.85 Å². The summed E-state index contributed by atoms with van der Waals surface area (Å²) < 4.78 is 12.6. The molecule has 0 radical (unpaired) electrons. The third-order valence-electron chi connectivity index (χ3n) is 4.78. The van der Waals surface area contributed by atoms with Crippen molar-refractivity contribution in [1.29, 1.82) is 0 Å². The molecule has 0 heterocycles. The zero-order valence-electron chi connectivity index (χ0n) is 17.4. The maximum Gasteiger partial charge on any atom is 0.392 e. The monoisotopic (exact) mass is 384 g/mol. The van der Waals surface area contributed by atoms with Gasteiger partial charge in [0.25, 0.3) is 0 Å². The molecule has 2 rings (SSSR count). The van der Waals surface area contributed by atoms with Gasteiger partial charge in [0.05, 0.1) is 0 Å². The average Bonchev–Trinajstić information content (AvgIpc) is 2.67. The molecule has 0 bridgehead atoms. The van der Waals surface area contributed by atoms with Crippen molar-refractivity contribution in [3.63, 3.8) is 0 Å². The molecule has 0 aliphatic carbocycles. The lowest BCUT2D eigenvalue weighted by atomic mass is 10.1. The normalized spacial score (nSPS) is 11.5. The molecule has 0 aliphatic heterocycles. The molecular formula is C24H36O2Si. The van der Waals surface area contributed by atoms with Crippen LogP contribution in [0.1, 0.15) is 58.3 Å². The van der Waals surface area contributed by atoms with Gasteiger partial charge in [0.1, 0.15) is 5.75 Å². The molecule has 0 aromatic heterocycles. The highest BCUT2D eigenvalue weighted by atomic mass is 28.4. The molecule has 3 heteroatoms. The molecular weight excluding hydrogens is 348 g/mol. The lowest BCUT2D eigenvalue weighted by Gasteiger charge is -2.25. The van der Waals surface area contributed by atoms with Crippen molar-refractivity contribution >= 4 is 8.56 Å². The predicted octanol–water partition coefficient (Wildman–Crippen LogP) is 7.59. The summed E-state index contributed by atoms with van der Waals surface area (Å²) in [6.07, 6.45) is 10.6. The Morgan fingerprint density at radius 3 is 2.00 bits per heavy atom. The van der Waals surface area contributed by atoms with Gasteiger partial charge in [-0.25, -0.2) is 0 Å². The second kappa shape index (κ2) is 12.0. The molecule has 0 saturated carbocycles. The van der Waals surface area contributed by atoms with Crippen LogP contribution >= 0.6 is 0 Å². The Labute approximate surface area is 167 Å². The Hall–Kier alpha value is -1.58. The second-order valence-corrected chi connectivity index (χ2v) is 11.0. The molecule has 0 unspecified atom stereocenters. The molecule has 0 saturated heterocycles. The van der Waals surface area contributed by atoms with E-state index in [2.05, 4.69) is 62.5 Å². The molecule has 148 valence electrons. The predicted molar refractivity (Wildman–Crippen MR) is 119 cm³/mol. The van der Waals surface area contributed by atoms with Crippen LogP contribution in [-0.2, 0) is 4.43 Å². The standard InChI is InChI=1S/C24H36O2Si/c1-4-5-6-7-8-9-10-16-21-25-27(2,3)26-24-20-15-14-19-23(24)22-17-12-11-13-18-22/h11-15,17-20H,4-10,16,21H2,1-3H3. The van der Waals surface area contributed by atoms with Crippen molar-refractivity contribution in [3.8, 4) is 16.9 Å². The first-order chi connectivity index (χ1) is 13.1. The minimum Gasteiger partial charge on any atom is -0.520 e. The first-order valence-corrected chi connectivity index (χ1v) is 13.4. The summed E-state index contributed by atoms with van der Waals surface area (Å²) >= 11 is 0. The quantitative estimate of drug-likeness (QED) is 0.261. The van der Waals surface area contributed by atoms with Crippen LogP contribution in [0, 0.1) is 0 Å².